The molecule has 0 N–H and O–H groups in total. The fraction of sp³-hybridized carbons (Fsp3) is 0.154. The number of esters is 1. The highest BCUT2D eigenvalue weighted by Gasteiger charge is 2.21. The van der Waals surface area contributed by atoms with Gasteiger partial charge in [-0.25, -0.2) is 4.79 Å². The van der Waals surface area contributed by atoms with E-state index in [2.05, 4.69) is 0 Å². The van der Waals surface area contributed by atoms with Gasteiger partial charge in [0.25, 0.3) is 0 Å². The molecular weight excluding hydrogens is 236 g/mol. The molecule has 2 aliphatic rings. The van der Waals surface area contributed by atoms with Crippen LogP contribution in [0.5, 0.6) is 11.5 Å². The Morgan fingerprint density at radius 3 is 2.94 bits per heavy atom. The number of rotatable bonds is 2. The summed E-state index contributed by atoms with van der Waals surface area (Å²) in [6.07, 6.45) is 3.01. The molecule has 0 atom stereocenters. The smallest absolute Gasteiger partial charge is 0.340 e. The summed E-state index contributed by atoms with van der Waals surface area (Å²) in [5.74, 6) is 1.76. The van der Waals surface area contributed by atoms with E-state index in [1.54, 1.807) is 6.08 Å². The van der Waals surface area contributed by atoms with E-state index in [1.165, 1.54) is 13.2 Å². The minimum Gasteiger partial charge on any atom is -0.493 e. The number of carbonyl (C=O) groups is 1. The molecule has 0 fully saturated rings. The third-order valence-electron chi connectivity index (χ3n) is 2.62. The quantitative estimate of drug-likeness (QED) is 0.745. The summed E-state index contributed by atoms with van der Waals surface area (Å²) in [7, 11) is 1.49. The molecule has 3 rings (SSSR count). The Labute approximate surface area is 103 Å². The number of carbonyl (C=O) groups excluding carboxylic acids is 1. The van der Waals surface area contributed by atoms with Crippen LogP contribution in [0.25, 0.3) is 6.08 Å². The molecule has 0 spiro atoms. The first-order chi connectivity index (χ1) is 8.76. The summed E-state index contributed by atoms with van der Waals surface area (Å²) in [6.45, 7) is 0.230. The van der Waals surface area contributed by atoms with Crippen molar-refractivity contribution >= 4 is 12.0 Å². The molecule has 0 aliphatic carbocycles. The fourth-order valence-electron chi connectivity index (χ4n) is 1.78. The lowest BCUT2D eigenvalue weighted by molar-refractivity contribution is -0.132. The maximum absolute atomic E-state index is 11.1. The van der Waals surface area contributed by atoms with Crippen molar-refractivity contribution in [3.63, 3.8) is 0 Å². The molecule has 0 saturated heterocycles. The number of benzene rings is 1. The van der Waals surface area contributed by atoms with Gasteiger partial charge in [0.05, 0.1) is 13.2 Å². The zero-order chi connectivity index (χ0) is 12.5. The second-order valence-electron chi connectivity index (χ2n) is 3.76. The minimum atomic E-state index is -0.432. The number of hydrogen-bond donors (Lipinski definition) is 0. The normalized spacial score (nSPS) is 18.8. The summed E-state index contributed by atoms with van der Waals surface area (Å²) in [6, 6.07) is 5.47. The molecule has 0 aromatic heterocycles. The second kappa shape index (κ2) is 4.10. The Morgan fingerprint density at radius 2 is 2.11 bits per heavy atom. The van der Waals surface area contributed by atoms with Crippen LogP contribution in [-0.2, 0) is 14.3 Å². The van der Waals surface area contributed by atoms with Crippen molar-refractivity contribution in [2.75, 3.05) is 13.9 Å². The molecule has 5 nitrogen and oxygen atoms in total. The molecule has 1 aromatic rings. The van der Waals surface area contributed by atoms with E-state index in [4.69, 9.17) is 18.9 Å². The van der Waals surface area contributed by atoms with Gasteiger partial charge in [0.2, 0.25) is 6.79 Å². The lowest BCUT2D eigenvalue weighted by Gasteiger charge is -2.03. The van der Waals surface area contributed by atoms with Crippen molar-refractivity contribution in [3.05, 3.63) is 41.4 Å². The maximum atomic E-state index is 11.1. The van der Waals surface area contributed by atoms with Gasteiger partial charge in [-0.05, 0) is 23.8 Å². The molecule has 1 aromatic carbocycles. The average Bonchev–Trinajstić information content (AvgIpc) is 2.95. The predicted molar refractivity (Wildman–Crippen MR) is 61.7 cm³/mol. The fourth-order valence-corrected chi connectivity index (χ4v) is 1.78. The lowest BCUT2D eigenvalue weighted by atomic mass is 10.1. The predicted octanol–water partition coefficient (Wildman–Crippen LogP) is 1.84. The largest absolute Gasteiger partial charge is 0.493 e. The highest BCUT2D eigenvalue weighted by Crippen LogP contribution is 2.33. The maximum Gasteiger partial charge on any atom is 0.340 e. The van der Waals surface area contributed by atoms with E-state index < -0.39 is 5.97 Å². The Hall–Kier alpha value is -2.43. The molecule has 2 aliphatic heterocycles. The first kappa shape index (κ1) is 10.7. The molecule has 0 saturated carbocycles. The number of cyclic esters (lactones) is 1. The van der Waals surface area contributed by atoms with Gasteiger partial charge < -0.3 is 18.9 Å². The summed E-state index contributed by atoms with van der Waals surface area (Å²) in [4.78, 5) is 11.1. The van der Waals surface area contributed by atoms with Crippen LogP contribution < -0.4 is 9.47 Å². The summed E-state index contributed by atoms with van der Waals surface area (Å²) < 4.78 is 20.6. The van der Waals surface area contributed by atoms with Gasteiger partial charge >= 0.3 is 5.97 Å². The Balaban J connectivity index is 1.92. The van der Waals surface area contributed by atoms with E-state index in [0.29, 0.717) is 23.0 Å². The van der Waals surface area contributed by atoms with Gasteiger partial charge in [0.15, 0.2) is 23.0 Å². The SMILES string of the molecule is COC1=CC(=O)OC1=Cc1ccc2c(c1)OCO2. The zero-order valence-electron chi connectivity index (χ0n) is 9.64. The van der Waals surface area contributed by atoms with Crippen LogP contribution in [0.2, 0.25) is 0 Å². The van der Waals surface area contributed by atoms with E-state index in [-0.39, 0.29) is 6.79 Å². The first-order valence-electron chi connectivity index (χ1n) is 5.35. The second-order valence-corrected chi connectivity index (χ2v) is 3.76. The van der Waals surface area contributed by atoms with Gasteiger partial charge in [-0.1, -0.05) is 6.07 Å². The van der Waals surface area contributed by atoms with Gasteiger partial charge in [-0.2, -0.15) is 0 Å². The molecular formula is C13H10O5. The van der Waals surface area contributed by atoms with Crippen molar-refractivity contribution in [1.29, 1.82) is 0 Å². The van der Waals surface area contributed by atoms with Crippen LogP contribution in [0.15, 0.2) is 35.8 Å². The number of ether oxygens (including phenoxy) is 4. The van der Waals surface area contributed by atoms with Crippen molar-refractivity contribution in [2.24, 2.45) is 0 Å². The van der Waals surface area contributed by atoms with Crippen LogP contribution in [0, 0.1) is 0 Å². The van der Waals surface area contributed by atoms with E-state index in [0.717, 1.165) is 5.56 Å². The summed E-state index contributed by atoms with van der Waals surface area (Å²) >= 11 is 0. The monoisotopic (exact) mass is 246 g/mol. The number of hydrogen-bond acceptors (Lipinski definition) is 5. The number of fused-ring (bicyclic) bond motifs is 1. The topological polar surface area (TPSA) is 54.0 Å². The third-order valence-corrected chi connectivity index (χ3v) is 2.62. The van der Waals surface area contributed by atoms with Gasteiger partial charge in [-0.15, -0.1) is 0 Å². The number of methoxy groups -OCH3 is 1. The standard InChI is InChI=1S/C13H10O5/c1-15-10-6-13(14)18-12(10)5-8-2-3-9-11(4-8)17-7-16-9/h2-6H,7H2,1H3. The first-order valence-corrected chi connectivity index (χ1v) is 5.35. The highest BCUT2D eigenvalue weighted by molar-refractivity contribution is 5.89. The Bertz CT molecular complexity index is 571. The van der Waals surface area contributed by atoms with Crippen LogP contribution >= 0.6 is 0 Å². The summed E-state index contributed by atoms with van der Waals surface area (Å²) in [5, 5.41) is 0. The lowest BCUT2D eigenvalue weighted by Crippen LogP contribution is -1.93. The van der Waals surface area contributed by atoms with Crippen LogP contribution in [-0.4, -0.2) is 19.9 Å². The van der Waals surface area contributed by atoms with Crippen molar-refractivity contribution in [2.45, 2.75) is 0 Å². The van der Waals surface area contributed by atoms with Crippen molar-refractivity contribution in [3.8, 4) is 11.5 Å². The van der Waals surface area contributed by atoms with Crippen LogP contribution in [0.4, 0.5) is 0 Å². The average molecular weight is 246 g/mol. The van der Waals surface area contributed by atoms with Crippen molar-refractivity contribution < 1.29 is 23.7 Å². The van der Waals surface area contributed by atoms with Crippen molar-refractivity contribution in [1.82, 2.24) is 0 Å². The minimum absolute atomic E-state index is 0.230. The molecule has 18 heavy (non-hydrogen) atoms. The van der Waals surface area contributed by atoms with Gasteiger partial charge in [0.1, 0.15) is 0 Å². The molecule has 0 unspecified atom stereocenters. The molecule has 0 amide bonds. The van der Waals surface area contributed by atoms with Gasteiger partial charge in [0, 0.05) is 0 Å². The van der Waals surface area contributed by atoms with Crippen LogP contribution in [0.1, 0.15) is 5.56 Å². The van der Waals surface area contributed by atoms with E-state index in [1.807, 2.05) is 18.2 Å². The van der Waals surface area contributed by atoms with Gasteiger partial charge in [-0.3, -0.25) is 0 Å². The van der Waals surface area contributed by atoms with Crippen LogP contribution in [0.3, 0.4) is 0 Å². The highest BCUT2D eigenvalue weighted by atomic mass is 16.7. The molecule has 2 heterocycles. The molecule has 5 heteroatoms. The molecule has 0 bridgehead atoms. The Kier molecular flexibility index (Phi) is 2.44. The van der Waals surface area contributed by atoms with E-state index in [9.17, 15) is 4.79 Å². The Morgan fingerprint density at radius 1 is 1.28 bits per heavy atom. The zero-order valence-corrected chi connectivity index (χ0v) is 9.64. The molecule has 0 radical (unpaired) electrons. The molecule has 92 valence electrons. The van der Waals surface area contributed by atoms with E-state index >= 15 is 0 Å². The third kappa shape index (κ3) is 1.79. The summed E-state index contributed by atoms with van der Waals surface area (Å²) in [5.41, 5.74) is 0.840.